The van der Waals surface area contributed by atoms with Gasteiger partial charge in [0.2, 0.25) is 11.8 Å². The number of rotatable bonds is 6. The third-order valence-electron chi connectivity index (χ3n) is 4.84. The molecule has 7 nitrogen and oxygen atoms in total. The fraction of sp³-hybridized carbons (Fsp3) is 0.227. The van der Waals surface area contributed by atoms with Gasteiger partial charge in [0.1, 0.15) is 18.9 Å². The van der Waals surface area contributed by atoms with Crippen LogP contribution in [0.15, 0.2) is 60.9 Å². The van der Waals surface area contributed by atoms with Gasteiger partial charge >= 0.3 is 0 Å². The van der Waals surface area contributed by atoms with Crippen LogP contribution in [0.1, 0.15) is 11.1 Å². The number of carbonyl (C=O) groups excluding carboxylic acids is 2. The van der Waals surface area contributed by atoms with Crippen LogP contribution in [0.5, 0.6) is 5.75 Å². The van der Waals surface area contributed by atoms with Gasteiger partial charge in [-0.05, 0) is 53.9 Å². The number of halogens is 1. The van der Waals surface area contributed by atoms with E-state index >= 15 is 0 Å². The molecule has 4 rings (SSSR count). The third-order valence-corrected chi connectivity index (χ3v) is 5.08. The van der Waals surface area contributed by atoms with Crippen LogP contribution in [0, 0.1) is 5.92 Å². The topological polar surface area (TPSA) is 85.3 Å². The van der Waals surface area contributed by atoms with Crippen LogP contribution in [0.2, 0.25) is 5.02 Å². The number of nitrogens with one attached hydrogen (secondary N) is 2. The molecule has 30 heavy (non-hydrogen) atoms. The highest BCUT2D eigenvalue weighted by Crippen LogP contribution is 2.29. The minimum atomic E-state index is -0.270. The van der Waals surface area contributed by atoms with Crippen molar-refractivity contribution in [1.29, 1.82) is 0 Å². The molecule has 0 spiro atoms. The quantitative estimate of drug-likeness (QED) is 0.637. The van der Waals surface area contributed by atoms with Crippen molar-refractivity contribution in [2.24, 2.45) is 5.92 Å². The lowest BCUT2D eigenvalue weighted by Crippen LogP contribution is -2.37. The first-order valence-corrected chi connectivity index (χ1v) is 10.00. The molecule has 2 N–H and O–H groups in total. The number of anilines is 1. The van der Waals surface area contributed by atoms with Gasteiger partial charge in [-0.25, -0.2) is 0 Å². The lowest BCUT2D eigenvalue weighted by Gasteiger charge is -2.24. The summed E-state index contributed by atoms with van der Waals surface area (Å²) in [5, 5.41) is 10.4. The van der Waals surface area contributed by atoms with E-state index in [4.69, 9.17) is 16.3 Å². The van der Waals surface area contributed by atoms with Crippen LogP contribution in [-0.4, -0.2) is 28.2 Å². The molecule has 1 aromatic heterocycles. The fourth-order valence-electron chi connectivity index (χ4n) is 3.37. The number of benzene rings is 2. The number of hydrogen-bond acceptors (Lipinski definition) is 4. The smallest absolute Gasteiger partial charge is 0.246 e. The molecule has 0 radical (unpaired) electrons. The molecule has 1 aliphatic rings. The zero-order valence-electron chi connectivity index (χ0n) is 16.2. The van der Waals surface area contributed by atoms with Crippen molar-refractivity contribution in [1.82, 2.24) is 15.1 Å². The summed E-state index contributed by atoms with van der Waals surface area (Å²) >= 11 is 6.04. The maximum absolute atomic E-state index is 12.6. The minimum Gasteiger partial charge on any atom is -0.492 e. The summed E-state index contributed by atoms with van der Waals surface area (Å²) in [4.78, 5) is 24.7. The number of fused-ring (bicyclic) bond motifs is 1. The number of carbonyl (C=O) groups is 2. The molecule has 1 unspecified atom stereocenters. The molecule has 3 aromatic rings. The van der Waals surface area contributed by atoms with Gasteiger partial charge in [0.05, 0.1) is 5.92 Å². The van der Waals surface area contributed by atoms with E-state index in [-0.39, 0.29) is 24.3 Å². The van der Waals surface area contributed by atoms with Crippen LogP contribution in [0.4, 0.5) is 5.69 Å². The molecule has 1 aliphatic heterocycles. The highest BCUT2D eigenvalue weighted by atomic mass is 35.5. The lowest BCUT2D eigenvalue weighted by atomic mass is 9.96. The minimum absolute atomic E-state index is 0.0752. The molecule has 154 valence electrons. The molecule has 0 aliphatic carbocycles. The zero-order chi connectivity index (χ0) is 20.9. The van der Waals surface area contributed by atoms with Gasteiger partial charge in [-0.3, -0.25) is 14.3 Å². The van der Waals surface area contributed by atoms with Gasteiger partial charge in [0.15, 0.2) is 0 Å². The second-order valence-electron chi connectivity index (χ2n) is 7.13. The van der Waals surface area contributed by atoms with E-state index in [9.17, 15) is 9.59 Å². The van der Waals surface area contributed by atoms with Gasteiger partial charge in [-0.2, -0.15) is 5.10 Å². The second kappa shape index (κ2) is 9.00. The van der Waals surface area contributed by atoms with Crippen molar-refractivity contribution in [3.05, 3.63) is 77.1 Å². The highest BCUT2D eigenvalue weighted by molar-refractivity contribution is 6.30. The molecular weight excluding hydrogens is 404 g/mol. The molecule has 2 amide bonds. The molecule has 0 saturated heterocycles. The molecule has 2 heterocycles. The van der Waals surface area contributed by atoms with Crippen LogP contribution >= 0.6 is 11.6 Å². The van der Waals surface area contributed by atoms with Crippen molar-refractivity contribution < 1.29 is 14.3 Å². The average Bonchev–Trinajstić information content (AvgIpc) is 3.24. The highest BCUT2D eigenvalue weighted by Gasteiger charge is 2.26. The van der Waals surface area contributed by atoms with Crippen molar-refractivity contribution in [3.63, 3.8) is 0 Å². The fourth-order valence-corrected chi connectivity index (χ4v) is 3.56. The predicted molar refractivity (Wildman–Crippen MR) is 113 cm³/mol. The van der Waals surface area contributed by atoms with Gasteiger partial charge in [0.25, 0.3) is 0 Å². The number of aromatic nitrogens is 2. The molecule has 0 fully saturated rings. The summed E-state index contributed by atoms with van der Waals surface area (Å²) in [6, 6.07) is 14.6. The first kappa shape index (κ1) is 20.0. The molecule has 0 bridgehead atoms. The van der Waals surface area contributed by atoms with E-state index in [2.05, 4.69) is 15.7 Å². The normalized spacial score (nSPS) is 15.0. The molecule has 8 heteroatoms. The Labute approximate surface area is 179 Å². The van der Waals surface area contributed by atoms with E-state index < -0.39 is 0 Å². The Kier molecular flexibility index (Phi) is 5.99. The van der Waals surface area contributed by atoms with Crippen molar-refractivity contribution in [2.75, 3.05) is 11.9 Å². The predicted octanol–water partition coefficient (Wildman–Crippen LogP) is 3.04. The zero-order valence-corrected chi connectivity index (χ0v) is 16.9. The Hall–Kier alpha value is -3.32. The summed E-state index contributed by atoms with van der Waals surface area (Å²) < 4.78 is 7.25. The summed E-state index contributed by atoms with van der Waals surface area (Å²) in [6.45, 7) is 0.839. The van der Waals surface area contributed by atoms with Crippen LogP contribution < -0.4 is 15.4 Å². The molecule has 2 aromatic carbocycles. The Morgan fingerprint density at radius 2 is 2.10 bits per heavy atom. The van der Waals surface area contributed by atoms with Crippen molar-refractivity contribution in [3.8, 4) is 5.75 Å². The molecular formula is C22H21ClN4O3. The number of hydrogen-bond donors (Lipinski definition) is 2. The first-order chi connectivity index (χ1) is 14.6. The maximum Gasteiger partial charge on any atom is 0.246 e. The van der Waals surface area contributed by atoms with E-state index in [1.807, 2.05) is 36.4 Å². The van der Waals surface area contributed by atoms with Gasteiger partial charge < -0.3 is 15.4 Å². The Morgan fingerprint density at radius 3 is 2.93 bits per heavy atom. The standard InChI is InChI=1S/C22H21ClN4O3/c23-18-5-6-20-16(11-18)10-17(14-30-20)22(29)24-12-15-3-1-4-19(9-15)26-21(28)13-27-8-2-7-25-27/h1-9,11,17H,10,12-14H2,(H,24,29)(H,26,28). The number of amides is 2. The van der Waals surface area contributed by atoms with Gasteiger partial charge in [0, 0.05) is 29.6 Å². The number of nitrogens with zero attached hydrogens (tertiary/aromatic N) is 2. The average molecular weight is 425 g/mol. The number of ether oxygens (including phenoxy) is 1. The third kappa shape index (κ3) is 4.99. The summed E-state index contributed by atoms with van der Waals surface area (Å²) in [5.41, 5.74) is 2.50. The summed E-state index contributed by atoms with van der Waals surface area (Å²) in [6.07, 6.45) is 3.94. The second-order valence-corrected chi connectivity index (χ2v) is 7.57. The lowest BCUT2D eigenvalue weighted by molar-refractivity contribution is -0.126. The first-order valence-electron chi connectivity index (χ1n) is 9.62. The van der Waals surface area contributed by atoms with E-state index in [0.29, 0.717) is 30.3 Å². The van der Waals surface area contributed by atoms with Crippen LogP contribution in [-0.2, 0) is 29.1 Å². The molecule has 1 atom stereocenters. The SMILES string of the molecule is O=C(Cn1cccn1)Nc1cccc(CNC(=O)C2COc3ccc(Cl)cc3C2)c1. The van der Waals surface area contributed by atoms with Gasteiger partial charge in [-0.15, -0.1) is 0 Å². The van der Waals surface area contributed by atoms with E-state index in [1.165, 1.54) is 0 Å². The Balaban J connectivity index is 1.31. The van der Waals surface area contributed by atoms with E-state index in [1.54, 1.807) is 29.2 Å². The monoisotopic (exact) mass is 424 g/mol. The Morgan fingerprint density at radius 1 is 1.20 bits per heavy atom. The van der Waals surface area contributed by atoms with Crippen molar-refractivity contribution in [2.45, 2.75) is 19.5 Å². The molecule has 0 saturated carbocycles. The van der Waals surface area contributed by atoms with Crippen LogP contribution in [0.25, 0.3) is 0 Å². The van der Waals surface area contributed by atoms with Gasteiger partial charge in [-0.1, -0.05) is 23.7 Å². The summed E-state index contributed by atoms with van der Waals surface area (Å²) in [5.74, 6) is 0.264. The van der Waals surface area contributed by atoms with E-state index in [0.717, 1.165) is 16.9 Å². The maximum atomic E-state index is 12.6. The largest absolute Gasteiger partial charge is 0.492 e. The van der Waals surface area contributed by atoms with Crippen LogP contribution in [0.3, 0.4) is 0 Å². The Bertz CT molecular complexity index is 1050. The van der Waals surface area contributed by atoms with Crippen molar-refractivity contribution >= 4 is 29.1 Å². The summed E-state index contributed by atoms with van der Waals surface area (Å²) in [7, 11) is 0.